The number of benzene rings is 1. The second-order valence-electron chi connectivity index (χ2n) is 12.3. The molecule has 1 atom stereocenters. The van der Waals surface area contributed by atoms with E-state index in [-0.39, 0.29) is 10.6 Å². The Bertz CT molecular complexity index is 1330. The molecule has 0 spiro atoms. The second kappa shape index (κ2) is 6.75. The van der Waals surface area contributed by atoms with Gasteiger partial charge in [0.1, 0.15) is 23.5 Å². The van der Waals surface area contributed by atoms with E-state index in [1.54, 1.807) is 18.6 Å². The Hall–Kier alpha value is -2.06. The van der Waals surface area contributed by atoms with Gasteiger partial charge in [-0.1, -0.05) is 12.1 Å². The van der Waals surface area contributed by atoms with E-state index in [0.29, 0.717) is 17.8 Å². The minimum atomic E-state index is -2.76. The standard InChI is InChI=1S/C25H33BrFN5S/c1-24(2)23(28)32-25(3,14-33(24,4,5,6)7)18-10-16(8-9-19(18)27)11-20-22-21(31-15-30-20)12-17(26)13-29-22/h8-10,12-13,15H,11,14H2,1-7H3,(H2,28,32)/t25-/m0/s1. The van der Waals surface area contributed by atoms with Crippen molar-refractivity contribution in [3.8, 4) is 0 Å². The minimum Gasteiger partial charge on any atom is -0.386 e. The zero-order valence-corrected chi connectivity index (χ0v) is 22.8. The molecule has 0 bridgehead atoms. The Kier molecular flexibility index (Phi) is 4.93. The Balaban J connectivity index is 1.82. The first kappa shape index (κ1) is 24.1. The number of hydrogen-bond acceptors (Lipinski definition) is 5. The molecule has 0 saturated heterocycles. The highest BCUT2D eigenvalue weighted by atomic mass is 79.9. The van der Waals surface area contributed by atoms with Crippen molar-refractivity contribution in [2.45, 2.75) is 37.5 Å². The fourth-order valence-electron chi connectivity index (χ4n) is 4.90. The highest BCUT2D eigenvalue weighted by molar-refractivity contribution is 9.10. The van der Waals surface area contributed by atoms with E-state index in [9.17, 15) is 0 Å². The largest absolute Gasteiger partial charge is 0.386 e. The molecular weight excluding hydrogens is 501 g/mol. The number of hydrogen-bond donors (Lipinski definition) is 1. The summed E-state index contributed by atoms with van der Waals surface area (Å²) in [6, 6.07) is 7.18. The molecule has 2 aromatic heterocycles. The first-order chi connectivity index (χ1) is 14.9. The normalized spacial score (nSPS) is 27.0. The van der Waals surface area contributed by atoms with Gasteiger partial charge in [-0.25, -0.2) is 14.4 Å². The number of aromatic nitrogens is 3. The molecule has 0 unspecified atom stereocenters. The SMILES string of the molecule is CC1(C)C(N)=N[C@](C)(c2cc(Cc3ncnc4cc(Br)cnc34)ccc2F)CS1(C)(C)(C)C. The number of fused-ring (bicyclic) bond motifs is 1. The van der Waals surface area contributed by atoms with Gasteiger partial charge in [0.25, 0.3) is 0 Å². The zero-order valence-electron chi connectivity index (χ0n) is 20.4. The van der Waals surface area contributed by atoms with Crippen molar-refractivity contribution in [1.82, 2.24) is 15.0 Å². The van der Waals surface area contributed by atoms with Crippen LogP contribution in [0.3, 0.4) is 0 Å². The van der Waals surface area contributed by atoms with Crippen LogP contribution in [-0.2, 0) is 12.0 Å². The molecule has 0 radical (unpaired) electrons. The summed E-state index contributed by atoms with van der Waals surface area (Å²) in [5.41, 5.74) is 9.66. The molecule has 8 heteroatoms. The summed E-state index contributed by atoms with van der Waals surface area (Å²) in [6.07, 6.45) is 13.1. The fourth-order valence-corrected chi connectivity index (χ4v) is 9.36. The Morgan fingerprint density at radius 2 is 1.76 bits per heavy atom. The van der Waals surface area contributed by atoms with Crippen LogP contribution in [0.15, 0.2) is 46.3 Å². The average molecular weight is 535 g/mol. The van der Waals surface area contributed by atoms with E-state index in [1.165, 1.54) is 6.07 Å². The summed E-state index contributed by atoms with van der Waals surface area (Å²) in [6.45, 7) is 6.35. The first-order valence-corrected chi connectivity index (χ1v) is 15.9. The smallest absolute Gasteiger partial charge is 0.128 e. The maximum atomic E-state index is 15.3. The van der Waals surface area contributed by atoms with Gasteiger partial charge in [0.15, 0.2) is 0 Å². The van der Waals surface area contributed by atoms with E-state index in [1.807, 2.05) is 19.1 Å². The molecular formula is C25H33BrFN5S. The predicted octanol–water partition coefficient (Wildman–Crippen LogP) is 5.28. The van der Waals surface area contributed by atoms with Crippen molar-refractivity contribution in [3.05, 3.63) is 63.9 Å². The molecule has 1 aromatic carbocycles. The highest BCUT2D eigenvalue weighted by Crippen LogP contribution is 2.88. The van der Waals surface area contributed by atoms with E-state index < -0.39 is 13.8 Å². The molecule has 178 valence electrons. The van der Waals surface area contributed by atoms with Gasteiger partial charge in [-0.3, -0.25) is 18.3 Å². The Morgan fingerprint density at radius 3 is 2.42 bits per heavy atom. The van der Waals surface area contributed by atoms with Crippen LogP contribution in [0.2, 0.25) is 0 Å². The summed E-state index contributed by atoms with van der Waals surface area (Å²) in [4.78, 5) is 18.2. The molecule has 1 aliphatic rings. The number of rotatable bonds is 3. The van der Waals surface area contributed by atoms with Gasteiger partial charge < -0.3 is 5.73 Å². The lowest BCUT2D eigenvalue weighted by molar-refractivity contribution is 0.494. The average Bonchev–Trinajstić information content (AvgIpc) is 2.66. The van der Waals surface area contributed by atoms with Gasteiger partial charge in [0, 0.05) is 27.4 Å². The fraction of sp³-hybridized carbons (Fsp3) is 0.440. The van der Waals surface area contributed by atoms with E-state index in [4.69, 9.17) is 10.7 Å². The number of pyridine rings is 1. The van der Waals surface area contributed by atoms with Crippen LogP contribution in [0.5, 0.6) is 0 Å². The molecule has 33 heavy (non-hydrogen) atoms. The van der Waals surface area contributed by atoms with Gasteiger partial charge >= 0.3 is 0 Å². The predicted molar refractivity (Wildman–Crippen MR) is 143 cm³/mol. The summed E-state index contributed by atoms with van der Waals surface area (Å²) in [7, 11) is -2.76. The third-order valence-corrected chi connectivity index (χ3v) is 15.1. The lowest BCUT2D eigenvalue weighted by Gasteiger charge is -2.81. The van der Waals surface area contributed by atoms with Crippen LogP contribution in [0.25, 0.3) is 11.0 Å². The summed E-state index contributed by atoms with van der Waals surface area (Å²) >= 11 is 3.44. The van der Waals surface area contributed by atoms with Crippen LogP contribution in [-0.4, -0.2) is 56.3 Å². The number of amidine groups is 1. The third kappa shape index (κ3) is 3.85. The Morgan fingerprint density at radius 1 is 1.06 bits per heavy atom. The van der Waals surface area contributed by atoms with Crippen molar-refractivity contribution in [2.75, 3.05) is 30.8 Å². The minimum absolute atomic E-state index is 0.263. The van der Waals surface area contributed by atoms with Crippen LogP contribution in [0, 0.1) is 5.82 Å². The lowest BCUT2D eigenvalue weighted by Crippen LogP contribution is -2.65. The van der Waals surface area contributed by atoms with Crippen LogP contribution >= 0.6 is 24.2 Å². The zero-order chi connectivity index (χ0) is 24.5. The van der Waals surface area contributed by atoms with Crippen LogP contribution in [0.1, 0.15) is 37.6 Å². The quantitative estimate of drug-likeness (QED) is 0.496. The molecule has 0 fully saturated rings. The van der Waals surface area contributed by atoms with Crippen molar-refractivity contribution < 1.29 is 4.39 Å². The lowest BCUT2D eigenvalue weighted by atomic mass is 9.91. The van der Waals surface area contributed by atoms with Crippen molar-refractivity contribution in [2.24, 2.45) is 10.7 Å². The van der Waals surface area contributed by atoms with Gasteiger partial charge in [-0.05, 0) is 85.2 Å². The van der Waals surface area contributed by atoms with Crippen molar-refractivity contribution >= 4 is 41.1 Å². The number of nitrogens with zero attached hydrogens (tertiary/aromatic N) is 4. The van der Waals surface area contributed by atoms with Gasteiger partial charge in [-0.2, -0.15) is 0 Å². The first-order valence-electron chi connectivity index (χ1n) is 10.8. The van der Waals surface area contributed by atoms with Crippen LogP contribution < -0.4 is 5.73 Å². The highest BCUT2D eigenvalue weighted by Gasteiger charge is 2.63. The van der Waals surface area contributed by atoms with E-state index >= 15 is 4.39 Å². The number of aliphatic imine (C=N–C) groups is 1. The molecule has 3 aromatic rings. The molecule has 4 rings (SSSR count). The van der Waals surface area contributed by atoms with E-state index in [2.05, 4.69) is 69.8 Å². The van der Waals surface area contributed by atoms with Gasteiger partial charge in [-0.15, -0.1) is 0 Å². The van der Waals surface area contributed by atoms with Crippen LogP contribution in [0.4, 0.5) is 4.39 Å². The molecule has 5 nitrogen and oxygen atoms in total. The molecule has 0 aliphatic carbocycles. The molecule has 0 saturated carbocycles. The third-order valence-electron chi connectivity index (χ3n) is 7.82. The summed E-state index contributed by atoms with van der Waals surface area (Å²) in [5.74, 6) is 1.07. The van der Waals surface area contributed by atoms with Gasteiger partial charge in [0.2, 0.25) is 0 Å². The van der Waals surface area contributed by atoms with E-state index in [0.717, 1.165) is 32.5 Å². The number of nitrogens with two attached hydrogens (primary N) is 1. The molecule has 3 heterocycles. The monoisotopic (exact) mass is 533 g/mol. The molecule has 2 N–H and O–H groups in total. The van der Waals surface area contributed by atoms with Gasteiger partial charge in [0.05, 0.1) is 16.7 Å². The number of halogens is 2. The van der Waals surface area contributed by atoms with Crippen molar-refractivity contribution in [1.29, 1.82) is 0 Å². The second-order valence-corrected chi connectivity index (χ2v) is 23.7. The molecule has 1 aliphatic heterocycles. The maximum Gasteiger partial charge on any atom is 0.128 e. The van der Waals surface area contributed by atoms with Crippen molar-refractivity contribution in [3.63, 3.8) is 0 Å². The summed E-state index contributed by atoms with van der Waals surface area (Å²) < 4.78 is 15.9. The maximum absolute atomic E-state index is 15.3. The topological polar surface area (TPSA) is 77.0 Å². The Labute approximate surface area is 202 Å². The molecule has 0 amide bonds. The summed E-state index contributed by atoms with van der Waals surface area (Å²) in [5, 5.41) is 0.